The zero-order valence-electron chi connectivity index (χ0n) is 14.8. The number of benzene rings is 1. The monoisotopic (exact) mass is 347 g/mol. The quantitative estimate of drug-likeness (QED) is 0.766. The van der Waals surface area contributed by atoms with Crippen molar-refractivity contribution in [3.63, 3.8) is 0 Å². The molecular formula is C19H22FNO4. The maximum atomic E-state index is 13.3. The Morgan fingerprint density at radius 1 is 1.08 bits per heavy atom. The molecule has 5 nitrogen and oxygen atoms in total. The highest BCUT2D eigenvalue weighted by Crippen LogP contribution is 2.40. The van der Waals surface area contributed by atoms with Gasteiger partial charge < -0.3 is 9.47 Å². The van der Waals surface area contributed by atoms with Crippen LogP contribution in [0, 0.1) is 11.7 Å². The first-order valence-electron chi connectivity index (χ1n) is 8.25. The number of carbonyl (C=O) groups excluding carboxylic acids is 2. The second kappa shape index (κ2) is 8.05. The molecule has 1 aliphatic heterocycles. The lowest BCUT2D eigenvalue weighted by molar-refractivity contribution is -0.146. The van der Waals surface area contributed by atoms with Crippen molar-refractivity contribution in [1.29, 1.82) is 0 Å². The SMILES string of the molecule is CCOC(=O)C1=C(C)N=C(C)C(C(=O)OCC)C1c1ccc(F)cc1. The molecule has 0 aliphatic carbocycles. The third-order valence-electron chi connectivity index (χ3n) is 4.09. The van der Waals surface area contributed by atoms with E-state index in [-0.39, 0.29) is 13.2 Å². The Morgan fingerprint density at radius 2 is 1.68 bits per heavy atom. The van der Waals surface area contributed by atoms with Crippen LogP contribution in [0.5, 0.6) is 0 Å². The summed E-state index contributed by atoms with van der Waals surface area (Å²) in [5, 5.41) is 0. The summed E-state index contributed by atoms with van der Waals surface area (Å²) >= 11 is 0. The number of esters is 2. The maximum Gasteiger partial charge on any atom is 0.336 e. The van der Waals surface area contributed by atoms with E-state index in [9.17, 15) is 14.0 Å². The van der Waals surface area contributed by atoms with Gasteiger partial charge in [0.05, 0.1) is 18.8 Å². The number of allylic oxidation sites excluding steroid dienone is 1. The maximum absolute atomic E-state index is 13.3. The Balaban J connectivity index is 2.60. The summed E-state index contributed by atoms with van der Waals surface area (Å²) in [6, 6.07) is 5.74. The molecule has 2 atom stereocenters. The molecule has 25 heavy (non-hydrogen) atoms. The van der Waals surface area contributed by atoms with Gasteiger partial charge in [-0.25, -0.2) is 9.18 Å². The minimum absolute atomic E-state index is 0.207. The van der Waals surface area contributed by atoms with Crippen LogP contribution < -0.4 is 0 Å². The van der Waals surface area contributed by atoms with E-state index in [1.54, 1.807) is 39.8 Å². The predicted octanol–water partition coefficient (Wildman–Crippen LogP) is 3.40. The second-order valence-electron chi connectivity index (χ2n) is 5.73. The summed E-state index contributed by atoms with van der Waals surface area (Å²) < 4.78 is 23.7. The van der Waals surface area contributed by atoms with Gasteiger partial charge in [-0.05, 0) is 45.4 Å². The highest BCUT2D eigenvalue weighted by Gasteiger charge is 2.42. The van der Waals surface area contributed by atoms with Crippen LogP contribution in [0.1, 0.15) is 39.2 Å². The van der Waals surface area contributed by atoms with Crippen LogP contribution in [-0.4, -0.2) is 30.9 Å². The first kappa shape index (κ1) is 18.8. The van der Waals surface area contributed by atoms with Gasteiger partial charge in [0, 0.05) is 17.3 Å². The average Bonchev–Trinajstić information content (AvgIpc) is 2.55. The molecule has 0 aromatic heterocycles. The fourth-order valence-electron chi connectivity index (χ4n) is 3.08. The Kier molecular flexibility index (Phi) is 6.07. The van der Waals surface area contributed by atoms with E-state index in [2.05, 4.69) is 4.99 Å². The van der Waals surface area contributed by atoms with Crippen LogP contribution in [0.4, 0.5) is 4.39 Å². The molecule has 0 fully saturated rings. The van der Waals surface area contributed by atoms with E-state index >= 15 is 0 Å². The van der Waals surface area contributed by atoms with Gasteiger partial charge in [-0.2, -0.15) is 0 Å². The van der Waals surface area contributed by atoms with Crippen molar-refractivity contribution in [2.24, 2.45) is 10.9 Å². The molecular weight excluding hydrogens is 325 g/mol. The number of aliphatic imine (C=N–C) groups is 1. The van der Waals surface area contributed by atoms with Gasteiger partial charge in [-0.3, -0.25) is 9.79 Å². The molecule has 6 heteroatoms. The fourth-order valence-corrected chi connectivity index (χ4v) is 3.08. The van der Waals surface area contributed by atoms with Gasteiger partial charge in [0.25, 0.3) is 0 Å². The van der Waals surface area contributed by atoms with Crippen LogP contribution in [-0.2, 0) is 19.1 Å². The van der Waals surface area contributed by atoms with Crippen molar-refractivity contribution in [3.05, 3.63) is 46.9 Å². The largest absolute Gasteiger partial charge is 0.465 e. The van der Waals surface area contributed by atoms with Crippen LogP contribution in [0.15, 0.2) is 40.5 Å². The number of rotatable bonds is 5. The zero-order chi connectivity index (χ0) is 18.6. The number of carbonyl (C=O) groups is 2. The molecule has 0 saturated carbocycles. The fraction of sp³-hybridized carbons (Fsp3) is 0.421. The Bertz CT molecular complexity index is 721. The minimum Gasteiger partial charge on any atom is -0.465 e. The molecule has 0 spiro atoms. The third kappa shape index (κ3) is 3.95. The summed E-state index contributed by atoms with van der Waals surface area (Å²) in [7, 11) is 0. The topological polar surface area (TPSA) is 65.0 Å². The molecule has 1 aromatic carbocycles. The van der Waals surface area contributed by atoms with E-state index in [0.717, 1.165) is 0 Å². The Labute approximate surface area is 146 Å². The predicted molar refractivity (Wildman–Crippen MR) is 91.7 cm³/mol. The molecule has 134 valence electrons. The lowest BCUT2D eigenvalue weighted by atomic mass is 9.75. The van der Waals surface area contributed by atoms with Crippen molar-refractivity contribution < 1.29 is 23.5 Å². The van der Waals surface area contributed by atoms with Crippen molar-refractivity contribution >= 4 is 17.7 Å². The summed E-state index contributed by atoms with van der Waals surface area (Å²) in [6.45, 7) is 7.28. The van der Waals surface area contributed by atoms with Crippen molar-refractivity contribution in [3.8, 4) is 0 Å². The van der Waals surface area contributed by atoms with Crippen LogP contribution in [0.3, 0.4) is 0 Å². The Hall–Kier alpha value is -2.50. The van der Waals surface area contributed by atoms with Crippen LogP contribution in [0.2, 0.25) is 0 Å². The standard InChI is InChI=1S/C19H22FNO4/c1-5-24-18(22)15-11(3)21-12(4)16(19(23)25-6-2)17(15)13-7-9-14(20)10-8-13/h7-10,15,17H,5-6H2,1-4H3. The van der Waals surface area contributed by atoms with Gasteiger partial charge >= 0.3 is 11.9 Å². The van der Waals surface area contributed by atoms with Gasteiger partial charge in [-0.1, -0.05) is 12.1 Å². The summed E-state index contributed by atoms with van der Waals surface area (Å²) in [5.41, 5.74) is 1.98. The van der Waals surface area contributed by atoms with Gasteiger partial charge in [0.1, 0.15) is 11.7 Å². The first-order valence-corrected chi connectivity index (χ1v) is 8.25. The lowest BCUT2D eigenvalue weighted by Crippen LogP contribution is -2.36. The molecule has 0 N–H and O–H groups in total. The number of nitrogens with zero attached hydrogens (tertiary/aromatic N) is 1. The van der Waals surface area contributed by atoms with Crippen LogP contribution in [0.25, 0.3) is 0 Å². The van der Waals surface area contributed by atoms with E-state index in [1.165, 1.54) is 12.1 Å². The van der Waals surface area contributed by atoms with E-state index in [4.69, 9.17) is 9.47 Å². The summed E-state index contributed by atoms with van der Waals surface area (Å²) in [4.78, 5) is 29.4. The lowest BCUT2D eigenvalue weighted by Gasteiger charge is -2.31. The first-order chi connectivity index (χ1) is 11.9. The molecule has 0 saturated heterocycles. The number of halogens is 1. The number of ether oxygens (including phenoxy) is 2. The molecule has 2 rings (SSSR count). The third-order valence-corrected chi connectivity index (χ3v) is 4.09. The summed E-state index contributed by atoms with van der Waals surface area (Å²) in [5.74, 6) is -2.77. The average molecular weight is 347 g/mol. The zero-order valence-corrected chi connectivity index (χ0v) is 14.8. The van der Waals surface area contributed by atoms with Gasteiger partial charge in [-0.15, -0.1) is 0 Å². The normalized spacial score (nSPS) is 20.1. The summed E-state index contributed by atoms with van der Waals surface area (Å²) in [6.07, 6.45) is 0. The van der Waals surface area contributed by atoms with E-state index in [1.807, 2.05) is 0 Å². The molecule has 1 aliphatic rings. The second-order valence-corrected chi connectivity index (χ2v) is 5.73. The van der Waals surface area contributed by atoms with Crippen molar-refractivity contribution in [2.75, 3.05) is 13.2 Å². The smallest absolute Gasteiger partial charge is 0.336 e. The van der Waals surface area contributed by atoms with Crippen molar-refractivity contribution in [1.82, 2.24) is 0 Å². The molecule has 0 amide bonds. The molecule has 0 bridgehead atoms. The van der Waals surface area contributed by atoms with Crippen molar-refractivity contribution in [2.45, 2.75) is 33.6 Å². The molecule has 2 unspecified atom stereocenters. The van der Waals surface area contributed by atoms with E-state index < -0.39 is 29.6 Å². The molecule has 0 radical (unpaired) electrons. The van der Waals surface area contributed by atoms with Crippen LogP contribution >= 0.6 is 0 Å². The highest BCUT2D eigenvalue weighted by molar-refractivity contribution is 6.07. The Morgan fingerprint density at radius 3 is 2.24 bits per heavy atom. The number of hydrogen-bond acceptors (Lipinski definition) is 5. The van der Waals surface area contributed by atoms with Gasteiger partial charge in [0.15, 0.2) is 0 Å². The van der Waals surface area contributed by atoms with Gasteiger partial charge in [0.2, 0.25) is 0 Å². The van der Waals surface area contributed by atoms with E-state index in [0.29, 0.717) is 22.5 Å². The molecule has 1 heterocycles. The molecule has 1 aromatic rings. The number of hydrogen-bond donors (Lipinski definition) is 0. The highest BCUT2D eigenvalue weighted by atomic mass is 19.1. The minimum atomic E-state index is -0.756.